The van der Waals surface area contributed by atoms with Crippen molar-refractivity contribution in [2.45, 2.75) is 38.2 Å². The van der Waals surface area contributed by atoms with E-state index in [9.17, 15) is 13.6 Å². The number of carbonyl (C=O) groups is 1. The number of rotatable bonds is 8. The first-order valence-corrected chi connectivity index (χ1v) is 9.46. The second kappa shape index (κ2) is 8.55. The highest BCUT2D eigenvalue weighted by Crippen LogP contribution is 2.45. The van der Waals surface area contributed by atoms with Gasteiger partial charge >= 0.3 is 0 Å². The topological polar surface area (TPSA) is 59.4 Å². The molecule has 0 bridgehead atoms. The van der Waals surface area contributed by atoms with Gasteiger partial charge in [-0.25, -0.2) is 8.78 Å². The van der Waals surface area contributed by atoms with Crippen molar-refractivity contribution < 1.29 is 18.3 Å². The second-order valence-electron chi connectivity index (χ2n) is 6.47. The van der Waals surface area contributed by atoms with Gasteiger partial charge in [-0.15, -0.1) is 0 Å². The number of halogens is 3. The third-order valence-corrected chi connectivity index (χ3v) is 5.31. The Hall–Kier alpha value is -1.06. The molecule has 1 aliphatic heterocycles. The maximum Gasteiger partial charge on any atom is 0.283 e. The smallest absolute Gasteiger partial charge is 0.283 e. The lowest BCUT2D eigenvalue weighted by Gasteiger charge is -2.26. The Bertz CT molecular complexity index is 601. The van der Waals surface area contributed by atoms with Crippen LogP contribution in [0.5, 0.6) is 0 Å². The molecule has 1 aromatic rings. The van der Waals surface area contributed by atoms with Crippen LogP contribution >= 0.6 is 15.9 Å². The maximum atomic E-state index is 13.0. The molecule has 1 saturated heterocycles. The maximum absolute atomic E-state index is 13.0. The van der Waals surface area contributed by atoms with Crippen molar-refractivity contribution in [3.8, 4) is 0 Å². The zero-order valence-electron chi connectivity index (χ0n) is 14.0. The van der Waals surface area contributed by atoms with Gasteiger partial charge in [0.05, 0.1) is 23.4 Å². The molecule has 1 N–H and O–H groups in total. The van der Waals surface area contributed by atoms with Crippen LogP contribution < -0.4 is 5.32 Å². The first kappa shape index (κ1) is 18.7. The third-order valence-electron chi connectivity index (χ3n) is 4.50. The van der Waals surface area contributed by atoms with Gasteiger partial charge in [-0.2, -0.15) is 5.10 Å². The summed E-state index contributed by atoms with van der Waals surface area (Å²) in [6.07, 6.45) is 0.110. The normalized spacial score (nSPS) is 18.7. The number of morpholine rings is 1. The average Bonchev–Trinajstić information content (AvgIpc) is 3.37. The molecule has 2 fully saturated rings. The lowest BCUT2D eigenvalue weighted by Crippen LogP contribution is -2.38. The molecule has 2 aliphatic rings. The van der Waals surface area contributed by atoms with Crippen LogP contribution in [0.3, 0.4) is 0 Å². The van der Waals surface area contributed by atoms with Crippen LogP contribution in [0.1, 0.15) is 43.0 Å². The van der Waals surface area contributed by atoms with Gasteiger partial charge in [0.15, 0.2) is 0 Å². The summed E-state index contributed by atoms with van der Waals surface area (Å²) in [5.41, 5.74) is 0.445. The second-order valence-corrected chi connectivity index (χ2v) is 7.27. The minimum absolute atomic E-state index is 0.0191. The van der Waals surface area contributed by atoms with Gasteiger partial charge in [-0.1, -0.05) is 0 Å². The fourth-order valence-corrected chi connectivity index (χ4v) is 3.81. The van der Waals surface area contributed by atoms with Crippen LogP contribution in [-0.4, -0.2) is 60.0 Å². The molecular weight excluding hydrogens is 398 g/mol. The van der Waals surface area contributed by atoms with E-state index in [2.05, 4.69) is 31.2 Å². The zero-order valence-corrected chi connectivity index (χ0v) is 15.6. The predicted octanol–water partition coefficient (Wildman–Crippen LogP) is 2.30. The lowest BCUT2D eigenvalue weighted by atomic mass is 10.2. The molecule has 1 amide bonds. The van der Waals surface area contributed by atoms with Crippen LogP contribution in [-0.2, 0) is 16.1 Å². The standard InChI is InChI=1S/C16H23BrF2N4O2/c17-13-14(16(18)19)21-23(15(13)11-2-3-11)10-12(24)20-4-1-5-22-6-8-25-9-7-22/h11,16H,1-10H2,(H,20,24). The fraction of sp³-hybridized carbons (Fsp3) is 0.750. The van der Waals surface area contributed by atoms with E-state index >= 15 is 0 Å². The van der Waals surface area contributed by atoms with E-state index in [0.717, 1.165) is 57.8 Å². The minimum atomic E-state index is -2.65. The first-order chi connectivity index (χ1) is 12.1. The van der Waals surface area contributed by atoms with Crippen LogP contribution in [0.25, 0.3) is 0 Å². The number of nitrogens with zero attached hydrogens (tertiary/aromatic N) is 3. The highest BCUT2D eigenvalue weighted by Gasteiger charge is 2.34. The number of ether oxygens (including phenoxy) is 1. The number of hydrogen-bond acceptors (Lipinski definition) is 4. The number of hydrogen-bond donors (Lipinski definition) is 1. The van der Waals surface area contributed by atoms with E-state index in [1.54, 1.807) is 0 Å². The van der Waals surface area contributed by atoms with Crippen molar-refractivity contribution in [3.05, 3.63) is 15.9 Å². The molecule has 140 valence electrons. The van der Waals surface area contributed by atoms with E-state index < -0.39 is 6.43 Å². The van der Waals surface area contributed by atoms with Gasteiger partial charge in [-0.05, 0) is 41.7 Å². The van der Waals surface area contributed by atoms with Gasteiger partial charge in [0.25, 0.3) is 6.43 Å². The van der Waals surface area contributed by atoms with Gasteiger partial charge in [-0.3, -0.25) is 14.4 Å². The molecule has 1 aromatic heterocycles. The highest BCUT2D eigenvalue weighted by atomic mass is 79.9. The molecule has 9 heteroatoms. The molecule has 0 atom stereocenters. The monoisotopic (exact) mass is 420 g/mol. The molecule has 0 unspecified atom stereocenters. The number of aromatic nitrogens is 2. The first-order valence-electron chi connectivity index (χ1n) is 8.67. The summed E-state index contributed by atoms with van der Waals surface area (Å²) in [4.78, 5) is 14.4. The van der Waals surface area contributed by atoms with E-state index in [4.69, 9.17) is 4.74 Å². The van der Waals surface area contributed by atoms with Crippen molar-refractivity contribution in [1.29, 1.82) is 0 Å². The van der Waals surface area contributed by atoms with Gasteiger partial charge in [0, 0.05) is 25.6 Å². The van der Waals surface area contributed by atoms with Crippen molar-refractivity contribution in [3.63, 3.8) is 0 Å². The van der Waals surface area contributed by atoms with Gasteiger partial charge in [0.1, 0.15) is 12.2 Å². The Morgan fingerprint density at radius 2 is 2.08 bits per heavy atom. The van der Waals surface area contributed by atoms with E-state index in [1.807, 2.05) is 0 Å². The summed E-state index contributed by atoms with van der Waals surface area (Å²) in [5.74, 6) is 0.0307. The number of amides is 1. The lowest BCUT2D eigenvalue weighted by molar-refractivity contribution is -0.121. The summed E-state index contributed by atoms with van der Waals surface area (Å²) in [7, 11) is 0. The highest BCUT2D eigenvalue weighted by molar-refractivity contribution is 9.10. The quantitative estimate of drug-likeness (QED) is 0.655. The molecular formula is C16H23BrF2N4O2. The summed E-state index contributed by atoms with van der Waals surface area (Å²) in [5, 5.41) is 6.80. The number of carbonyl (C=O) groups excluding carboxylic acids is 1. The fourth-order valence-electron chi connectivity index (χ4n) is 3.03. The molecule has 0 spiro atoms. The number of nitrogens with one attached hydrogen (secondary N) is 1. The third kappa shape index (κ3) is 4.98. The van der Waals surface area contributed by atoms with Crippen LogP contribution in [0.15, 0.2) is 4.47 Å². The van der Waals surface area contributed by atoms with E-state index in [-0.39, 0.29) is 24.1 Å². The Kier molecular flexibility index (Phi) is 6.40. The van der Waals surface area contributed by atoms with E-state index in [0.29, 0.717) is 11.0 Å². The average molecular weight is 421 g/mol. The van der Waals surface area contributed by atoms with Gasteiger partial charge < -0.3 is 10.1 Å². The summed E-state index contributed by atoms with van der Waals surface area (Å²) in [6, 6.07) is 0. The Morgan fingerprint density at radius 1 is 1.36 bits per heavy atom. The Morgan fingerprint density at radius 3 is 2.72 bits per heavy atom. The molecule has 25 heavy (non-hydrogen) atoms. The Labute approximate surface area is 154 Å². The zero-order chi connectivity index (χ0) is 17.8. The molecule has 1 aliphatic carbocycles. The molecule has 0 aromatic carbocycles. The van der Waals surface area contributed by atoms with Crippen molar-refractivity contribution in [2.24, 2.45) is 0 Å². The summed E-state index contributed by atoms with van der Waals surface area (Å²) < 4.78 is 33.2. The predicted molar refractivity (Wildman–Crippen MR) is 91.7 cm³/mol. The van der Waals surface area contributed by atoms with Gasteiger partial charge in [0.2, 0.25) is 5.91 Å². The van der Waals surface area contributed by atoms with Crippen molar-refractivity contribution >= 4 is 21.8 Å². The van der Waals surface area contributed by atoms with Crippen LogP contribution in [0.4, 0.5) is 8.78 Å². The molecule has 6 nitrogen and oxygen atoms in total. The van der Waals surface area contributed by atoms with E-state index in [1.165, 1.54) is 4.68 Å². The molecule has 0 radical (unpaired) electrons. The molecule has 2 heterocycles. The van der Waals surface area contributed by atoms with Crippen LogP contribution in [0.2, 0.25) is 0 Å². The SMILES string of the molecule is O=C(Cn1nc(C(F)F)c(Br)c1C1CC1)NCCCN1CCOCC1. The van der Waals surface area contributed by atoms with Crippen molar-refractivity contribution in [1.82, 2.24) is 20.0 Å². The molecule has 3 rings (SSSR count). The van der Waals surface area contributed by atoms with Crippen molar-refractivity contribution in [2.75, 3.05) is 39.4 Å². The number of alkyl halides is 2. The summed E-state index contributed by atoms with van der Waals surface area (Å²) >= 11 is 3.23. The summed E-state index contributed by atoms with van der Waals surface area (Å²) in [6.45, 7) is 4.84. The molecule has 1 saturated carbocycles. The Balaban J connectivity index is 1.48. The largest absolute Gasteiger partial charge is 0.379 e. The van der Waals surface area contributed by atoms with Crippen LogP contribution in [0, 0.1) is 0 Å². The minimum Gasteiger partial charge on any atom is -0.379 e.